The van der Waals surface area contributed by atoms with Crippen LogP contribution in [0.1, 0.15) is 74.1 Å². The summed E-state index contributed by atoms with van der Waals surface area (Å²) in [6.07, 6.45) is 3.82. The third-order valence-electron chi connectivity index (χ3n) is 4.40. The van der Waals surface area contributed by atoms with Gasteiger partial charge < -0.3 is 9.80 Å². The molecule has 0 unspecified atom stereocenters. The van der Waals surface area contributed by atoms with Crippen LogP contribution in [-0.2, 0) is 0 Å². The molecule has 0 fully saturated rings. The monoisotopic (exact) mass is 450 g/mol. The fourth-order valence-corrected chi connectivity index (χ4v) is 3.53. The minimum Gasteiger partial charge on any atom is -0.349 e. The van der Waals surface area contributed by atoms with Crippen LogP contribution in [-0.4, -0.2) is 58.0 Å². The molecule has 0 aliphatic carbocycles. The van der Waals surface area contributed by atoms with E-state index in [1.165, 1.54) is 0 Å². The Morgan fingerprint density at radius 3 is 1.17 bits per heavy atom. The van der Waals surface area contributed by atoms with E-state index in [1.54, 1.807) is 24.3 Å². The highest BCUT2D eigenvalue weighted by Gasteiger charge is 2.15. The highest BCUT2D eigenvalue weighted by Crippen LogP contribution is 2.06. The summed E-state index contributed by atoms with van der Waals surface area (Å²) in [4.78, 5) is 29.0. The van der Waals surface area contributed by atoms with Crippen molar-refractivity contribution in [2.75, 3.05) is 26.2 Å². The fraction of sp³-hybridized carbons (Fsp3) is 0.545. The Labute approximate surface area is 191 Å². The Bertz CT molecular complexity index is 649. The lowest BCUT2D eigenvalue weighted by molar-refractivity contribution is 0.0961. The molecule has 0 bridgehead atoms. The number of hydrogen-bond acceptors (Lipinski definition) is 4. The van der Waals surface area contributed by atoms with Crippen LogP contribution in [0.4, 0.5) is 0 Å². The summed E-state index contributed by atoms with van der Waals surface area (Å²) in [7, 11) is 0. The normalized spacial score (nSPS) is 10.3. The first-order chi connectivity index (χ1) is 14.4. The first kappa shape index (κ1) is 26.0. The molecule has 30 heavy (non-hydrogen) atoms. The molecule has 1 aromatic rings. The number of amides is 2. The molecule has 1 aromatic carbocycles. The largest absolute Gasteiger partial charge is 0.349 e. The van der Waals surface area contributed by atoms with Gasteiger partial charge in [0.15, 0.2) is 10.2 Å². The van der Waals surface area contributed by atoms with Gasteiger partial charge in [-0.3, -0.25) is 20.2 Å². The van der Waals surface area contributed by atoms with Crippen molar-refractivity contribution in [2.24, 2.45) is 0 Å². The number of carbonyl (C=O) groups excluding carboxylic acids is 2. The van der Waals surface area contributed by atoms with Gasteiger partial charge in [0.1, 0.15) is 0 Å². The summed E-state index contributed by atoms with van der Waals surface area (Å²) in [5.74, 6) is -0.562. The van der Waals surface area contributed by atoms with E-state index in [0.717, 1.165) is 51.9 Å². The molecule has 0 atom stereocenters. The van der Waals surface area contributed by atoms with Crippen molar-refractivity contribution in [1.29, 1.82) is 0 Å². The summed E-state index contributed by atoms with van der Waals surface area (Å²) in [5, 5.41) is 6.43. The lowest BCUT2D eigenvalue weighted by atomic mass is 10.1. The lowest BCUT2D eigenvalue weighted by Gasteiger charge is -2.24. The van der Waals surface area contributed by atoms with E-state index < -0.39 is 0 Å². The molecular weight excluding hydrogens is 416 g/mol. The average Bonchev–Trinajstić information content (AvgIpc) is 2.73. The predicted octanol–water partition coefficient (Wildman–Crippen LogP) is 3.96. The van der Waals surface area contributed by atoms with E-state index in [9.17, 15) is 9.59 Å². The lowest BCUT2D eigenvalue weighted by Crippen LogP contribution is -2.43. The number of benzene rings is 1. The van der Waals surface area contributed by atoms with Crippen molar-refractivity contribution in [3.05, 3.63) is 35.4 Å². The Hall–Kier alpha value is -2.06. The van der Waals surface area contributed by atoms with Gasteiger partial charge in [0.25, 0.3) is 11.8 Å². The Morgan fingerprint density at radius 2 is 0.933 bits per heavy atom. The second-order valence-corrected chi connectivity index (χ2v) is 7.84. The van der Waals surface area contributed by atoms with Gasteiger partial charge in [-0.25, -0.2) is 0 Å². The Balaban J connectivity index is 2.73. The van der Waals surface area contributed by atoms with Gasteiger partial charge in [0, 0.05) is 37.3 Å². The molecule has 0 aromatic heterocycles. The minimum atomic E-state index is -0.281. The quantitative estimate of drug-likeness (QED) is 0.526. The number of hydrogen-bond donors (Lipinski definition) is 2. The standard InChI is InChI=1S/C22H34N4O2S2/c1-5-13-25(14-6-2)21(29)23-19(27)17-9-11-18(12-10-17)20(28)24-22(30)26(15-7-3)16-8-4/h9-12H,5-8,13-16H2,1-4H3,(H,23,27,29)(H,24,28,30). The minimum absolute atomic E-state index is 0.281. The highest BCUT2D eigenvalue weighted by molar-refractivity contribution is 7.80. The third-order valence-corrected chi connectivity index (χ3v) is 5.12. The first-order valence-corrected chi connectivity index (χ1v) is 11.5. The first-order valence-electron chi connectivity index (χ1n) is 10.7. The van der Waals surface area contributed by atoms with Gasteiger partial charge >= 0.3 is 0 Å². The molecule has 0 aliphatic rings. The molecule has 1 rings (SSSR count). The van der Waals surface area contributed by atoms with E-state index in [2.05, 4.69) is 38.3 Å². The molecule has 2 amide bonds. The van der Waals surface area contributed by atoms with Crippen LogP contribution < -0.4 is 10.6 Å². The zero-order chi connectivity index (χ0) is 22.5. The van der Waals surface area contributed by atoms with E-state index in [0.29, 0.717) is 21.4 Å². The second-order valence-electron chi connectivity index (χ2n) is 7.07. The predicted molar refractivity (Wildman–Crippen MR) is 131 cm³/mol. The Kier molecular flexibility index (Phi) is 12.2. The van der Waals surface area contributed by atoms with Gasteiger partial charge in [0.2, 0.25) is 0 Å². The number of rotatable bonds is 10. The van der Waals surface area contributed by atoms with Crippen molar-refractivity contribution in [2.45, 2.75) is 53.4 Å². The van der Waals surface area contributed by atoms with E-state index >= 15 is 0 Å². The zero-order valence-corrected chi connectivity index (χ0v) is 20.1. The van der Waals surface area contributed by atoms with Crippen molar-refractivity contribution >= 4 is 46.5 Å². The highest BCUT2D eigenvalue weighted by atomic mass is 32.1. The van der Waals surface area contributed by atoms with Crippen LogP contribution in [0.25, 0.3) is 0 Å². The SMILES string of the molecule is CCCN(CCC)C(=S)NC(=O)c1ccc(C(=O)NC(=S)N(CCC)CCC)cc1. The summed E-state index contributed by atoms with van der Waals surface area (Å²) >= 11 is 10.8. The van der Waals surface area contributed by atoms with Crippen LogP contribution in [0.3, 0.4) is 0 Å². The van der Waals surface area contributed by atoms with E-state index in [4.69, 9.17) is 24.4 Å². The molecule has 0 saturated heterocycles. The molecular formula is C22H34N4O2S2. The third kappa shape index (κ3) is 8.36. The number of thiocarbonyl (C=S) groups is 2. The number of nitrogens with zero attached hydrogens (tertiary/aromatic N) is 2. The molecule has 0 saturated carbocycles. The van der Waals surface area contributed by atoms with Crippen LogP contribution in [0.15, 0.2) is 24.3 Å². The summed E-state index contributed by atoms with van der Waals surface area (Å²) in [6.45, 7) is 11.5. The molecule has 0 spiro atoms. The van der Waals surface area contributed by atoms with Crippen molar-refractivity contribution in [1.82, 2.24) is 20.4 Å². The average molecular weight is 451 g/mol. The topological polar surface area (TPSA) is 64.7 Å². The van der Waals surface area contributed by atoms with E-state index in [-0.39, 0.29) is 11.8 Å². The molecule has 0 aliphatic heterocycles. The molecule has 0 heterocycles. The van der Waals surface area contributed by atoms with Crippen molar-refractivity contribution in [3.63, 3.8) is 0 Å². The summed E-state index contributed by atoms with van der Waals surface area (Å²) < 4.78 is 0. The summed E-state index contributed by atoms with van der Waals surface area (Å²) in [6, 6.07) is 6.48. The van der Waals surface area contributed by atoms with Crippen LogP contribution in [0.2, 0.25) is 0 Å². The molecule has 0 radical (unpaired) electrons. The second kappa shape index (κ2) is 14.0. The maximum Gasteiger partial charge on any atom is 0.257 e. The number of nitrogens with one attached hydrogen (secondary N) is 2. The van der Waals surface area contributed by atoms with Crippen molar-refractivity contribution < 1.29 is 9.59 Å². The zero-order valence-electron chi connectivity index (χ0n) is 18.5. The number of carbonyl (C=O) groups is 2. The van der Waals surface area contributed by atoms with Crippen molar-refractivity contribution in [3.8, 4) is 0 Å². The van der Waals surface area contributed by atoms with Crippen LogP contribution >= 0.6 is 24.4 Å². The summed E-state index contributed by atoms with van der Waals surface area (Å²) in [5.41, 5.74) is 0.894. The maximum absolute atomic E-state index is 12.5. The van der Waals surface area contributed by atoms with Gasteiger partial charge in [-0.1, -0.05) is 27.7 Å². The smallest absolute Gasteiger partial charge is 0.257 e. The molecule has 166 valence electrons. The van der Waals surface area contributed by atoms with Gasteiger partial charge in [-0.2, -0.15) is 0 Å². The van der Waals surface area contributed by atoms with Gasteiger partial charge in [0.05, 0.1) is 0 Å². The maximum atomic E-state index is 12.5. The fourth-order valence-electron chi connectivity index (χ4n) is 2.98. The Morgan fingerprint density at radius 1 is 0.667 bits per heavy atom. The van der Waals surface area contributed by atoms with Crippen LogP contribution in [0.5, 0.6) is 0 Å². The van der Waals surface area contributed by atoms with E-state index in [1.807, 2.05) is 9.80 Å². The van der Waals surface area contributed by atoms with Crippen LogP contribution in [0, 0.1) is 0 Å². The van der Waals surface area contributed by atoms with Gasteiger partial charge in [-0.15, -0.1) is 0 Å². The van der Waals surface area contributed by atoms with Gasteiger partial charge in [-0.05, 0) is 74.4 Å². The molecule has 6 nitrogen and oxygen atoms in total. The molecule has 8 heteroatoms. The molecule has 2 N–H and O–H groups in total.